The molecule has 3 rings (SSSR count). The first-order chi connectivity index (χ1) is 11.1. The fourth-order valence-electron chi connectivity index (χ4n) is 3.08. The van der Waals surface area contributed by atoms with Crippen molar-refractivity contribution in [3.8, 4) is 0 Å². The molecule has 0 bridgehead atoms. The summed E-state index contributed by atoms with van der Waals surface area (Å²) in [4.78, 5) is 4.51. The molecule has 124 valence electrons. The number of nitrogens with zero attached hydrogens (tertiary/aromatic N) is 2. The van der Waals surface area contributed by atoms with Crippen molar-refractivity contribution >= 4 is 20.9 Å². The third-order valence-electron chi connectivity index (χ3n) is 4.21. The Balaban J connectivity index is 2.06. The molecule has 2 heterocycles. The summed E-state index contributed by atoms with van der Waals surface area (Å²) in [5, 5.41) is 0.632. The van der Waals surface area contributed by atoms with E-state index in [1.165, 1.54) is 4.31 Å². The summed E-state index contributed by atoms with van der Waals surface area (Å²) >= 11 is 0. The van der Waals surface area contributed by atoms with Gasteiger partial charge < -0.3 is 9.47 Å². The monoisotopic (exact) mass is 336 g/mol. The number of hydrogen-bond donors (Lipinski definition) is 0. The van der Waals surface area contributed by atoms with Crippen LogP contribution in [-0.2, 0) is 19.5 Å². The molecule has 0 spiro atoms. The molecule has 23 heavy (non-hydrogen) atoms. The molecule has 2 atom stereocenters. The van der Waals surface area contributed by atoms with E-state index in [0.717, 1.165) is 0 Å². The van der Waals surface area contributed by atoms with Crippen LogP contribution in [-0.4, -0.2) is 57.2 Å². The van der Waals surface area contributed by atoms with Crippen molar-refractivity contribution in [3.05, 3.63) is 36.5 Å². The third kappa shape index (κ3) is 2.97. The van der Waals surface area contributed by atoms with Crippen molar-refractivity contribution in [2.75, 3.05) is 27.4 Å². The lowest BCUT2D eigenvalue weighted by atomic mass is 10.2. The predicted molar refractivity (Wildman–Crippen MR) is 86.7 cm³/mol. The second-order valence-corrected chi connectivity index (χ2v) is 7.46. The lowest BCUT2D eigenvalue weighted by Gasteiger charge is -2.23. The van der Waals surface area contributed by atoms with Crippen LogP contribution in [0.1, 0.15) is 6.42 Å². The first-order valence-electron chi connectivity index (χ1n) is 7.45. The third-order valence-corrected chi connectivity index (χ3v) is 6.19. The van der Waals surface area contributed by atoms with Gasteiger partial charge in [-0.3, -0.25) is 4.98 Å². The number of fused-ring (bicyclic) bond motifs is 1. The quantitative estimate of drug-likeness (QED) is 0.830. The van der Waals surface area contributed by atoms with Gasteiger partial charge in [0, 0.05) is 32.3 Å². The number of methoxy groups -OCH3 is 2. The highest BCUT2D eigenvalue weighted by atomic mass is 32.2. The fraction of sp³-hybridized carbons (Fsp3) is 0.438. The molecule has 0 N–H and O–H groups in total. The highest BCUT2D eigenvalue weighted by Gasteiger charge is 2.40. The van der Waals surface area contributed by atoms with E-state index in [1.807, 2.05) is 6.07 Å². The van der Waals surface area contributed by atoms with Gasteiger partial charge in [-0.05, 0) is 30.7 Å². The van der Waals surface area contributed by atoms with Gasteiger partial charge in [-0.1, -0.05) is 6.07 Å². The molecule has 1 aromatic heterocycles. The average molecular weight is 336 g/mol. The second kappa shape index (κ2) is 6.52. The minimum absolute atomic E-state index is 0.113. The lowest BCUT2D eigenvalue weighted by Crippen LogP contribution is -2.38. The van der Waals surface area contributed by atoms with E-state index in [1.54, 1.807) is 44.7 Å². The van der Waals surface area contributed by atoms with Crippen molar-refractivity contribution in [1.82, 2.24) is 9.29 Å². The number of aromatic nitrogens is 1. The average Bonchev–Trinajstić information content (AvgIpc) is 2.98. The van der Waals surface area contributed by atoms with Gasteiger partial charge in [0.25, 0.3) is 0 Å². The van der Waals surface area contributed by atoms with Crippen LogP contribution in [0.4, 0.5) is 0 Å². The van der Waals surface area contributed by atoms with Gasteiger partial charge in [-0.15, -0.1) is 0 Å². The van der Waals surface area contributed by atoms with E-state index in [2.05, 4.69) is 4.98 Å². The van der Waals surface area contributed by atoms with E-state index in [4.69, 9.17) is 9.47 Å². The van der Waals surface area contributed by atoms with Crippen LogP contribution in [0.5, 0.6) is 0 Å². The Morgan fingerprint density at radius 3 is 2.83 bits per heavy atom. The molecule has 0 unspecified atom stereocenters. The van der Waals surface area contributed by atoms with Crippen LogP contribution in [0.25, 0.3) is 10.9 Å². The maximum absolute atomic E-state index is 13.2. The Bertz CT molecular complexity index is 788. The van der Waals surface area contributed by atoms with Crippen molar-refractivity contribution < 1.29 is 17.9 Å². The van der Waals surface area contributed by atoms with Crippen molar-refractivity contribution in [2.24, 2.45) is 0 Å². The smallest absolute Gasteiger partial charge is 0.244 e. The van der Waals surface area contributed by atoms with E-state index in [-0.39, 0.29) is 17.0 Å². The number of ether oxygens (including phenoxy) is 2. The molecule has 1 fully saturated rings. The van der Waals surface area contributed by atoms with Gasteiger partial charge in [0.1, 0.15) is 0 Å². The zero-order valence-electron chi connectivity index (χ0n) is 13.2. The molecule has 0 aliphatic carbocycles. The summed E-state index contributed by atoms with van der Waals surface area (Å²) in [6.07, 6.45) is 2.17. The van der Waals surface area contributed by atoms with Crippen LogP contribution in [0, 0.1) is 0 Å². The molecule has 0 saturated carbocycles. The zero-order chi connectivity index (χ0) is 16.4. The molecule has 1 aromatic carbocycles. The summed E-state index contributed by atoms with van der Waals surface area (Å²) in [5.74, 6) is 0. The molecule has 1 aliphatic rings. The minimum Gasteiger partial charge on any atom is -0.383 e. The van der Waals surface area contributed by atoms with Crippen LogP contribution in [0.2, 0.25) is 0 Å². The van der Waals surface area contributed by atoms with Gasteiger partial charge in [0.05, 0.1) is 29.2 Å². The largest absolute Gasteiger partial charge is 0.383 e. The SMILES string of the molecule is COC[C@@H]1C[C@@H](OC)CN1S(=O)(=O)c1cccc2ncccc12. The van der Waals surface area contributed by atoms with E-state index in [0.29, 0.717) is 30.5 Å². The number of pyridine rings is 1. The summed E-state index contributed by atoms with van der Waals surface area (Å²) in [6.45, 7) is 0.686. The lowest BCUT2D eigenvalue weighted by molar-refractivity contribution is 0.110. The minimum atomic E-state index is -3.65. The highest BCUT2D eigenvalue weighted by Crippen LogP contribution is 2.31. The van der Waals surface area contributed by atoms with Crippen molar-refractivity contribution in [2.45, 2.75) is 23.5 Å². The predicted octanol–water partition coefficient (Wildman–Crippen LogP) is 1.66. The number of sulfonamides is 1. The molecule has 2 aromatic rings. The Kier molecular flexibility index (Phi) is 4.63. The first-order valence-corrected chi connectivity index (χ1v) is 8.89. The maximum atomic E-state index is 13.2. The second-order valence-electron chi connectivity index (χ2n) is 5.60. The molecule has 0 amide bonds. The molecule has 1 aliphatic heterocycles. The standard InChI is InChI=1S/C16H20N2O4S/c1-21-11-12-9-13(22-2)10-18(12)23(19,20)16-7-3-6-15-14(16)5-4-8-17-15/h3-8,12-13H,9-11H2,1-2H3/t12-,13+/m0/s1. The fourth-order valence-corrected chi connectivity index (χ4v) is 4.94. The Labute approximate surface area is 136 Å². The molecular weight excluding hydrogens is 316 g/mol. The zero-order valence-corrected chi connectivity index (χ0v) is 14.0. The Morgan fingerprint density at radius 1 is 1.26 bits per heavy atom. The number of hydrogen-bond acceptors (Lipinski definition) is 5. The summed E-state index contributed by atoms with van der Waals surface area (Å²) in [7, 11) is -0.467. The maximum Gasteiger partial charge on any atom is 0.244 e. The Morgan fingerprint density at radius 2 is 2.09 bits per heavy atom. The van der Waals surface area contributed by atoms with Crippen molar-refractivity contribution in [3.63, 3.8) is 0 Å². The van der Waals surface area contributed by atoms with Gasteiger partial charge >= 0.3 is 0 Å². The number of rotatable bonds is 5. The molecule has 0 radical (unpaired) electrons. The van der Waals surface area contributed by atoms with Crippen molar-refractivity contribution in [1.29, 1.82) is 0 Å². The summed E-state index contributed by atoms with van der Waals surface area (Å²) < 4.78 is 38.4. The molecule has 1 saturated heterocycles. The van der Waals surface area contributed by atoms with E-state index in [9.17, 15) is 8.42 Å². The normalized spacial score (nSPS) is 22.7. The van der Waals surface area contributed by atoms with Gasteiger partial charge in [0.15, 0.2) is 0 Å². The van der Waals surface area contributed by atoms with Crippen LogP contribution >= 0.6 is 0 Å². The highest BCUT2D eigenvalue weighted by molar-refractivity contribution is 7.89. The summed E-state index contributed by atoms with van der Waals surface area (Å²) in [5.41, 5.74) is 0.666. The van der Waals surface area contributed by atoms with Crippen LogP contribution < -0.4 is 0 Å². The van der Waals surface area contributed by atoms with E-state index < -0.39 is 10.0 Å². The van der Waals surface area contributed by atoms with Gasteiger partial charge in [-0.25, -0.2) is 8.42 Å². The van der Waals surface area contributed by atoms with Crippen LogP contribution in [0.3, 0.4) is 0 Å². The van der Waals surface area contributed by atoms with E-state index >= 15 is 0 Å². The molecule has 6 nitrogen and oxygen atoms in total. The number of benzene rings is 1. The Hall–Kier alpha value is -1.54. The van der Waals surface area contributed by atoms with Gasteiger partial charge in [0.2, 0.25) is 10.0 Å². The van der Waals surface area contributed by atoms with Gasteiger partial charge in [-0.2, -0.15) is 4.31 Å². The first kappa shape index (κ1) is 16.3. The molecular formula is C16H20N2O4S. The van der Waals surface area contributed by atoms with Crippen LogP contribution in [0.15, 0.2) is 41.4 Å². The molecule has 7 heteroatoms. The topological polar surface area (TPSA) is 68.7 Å². The summed E-state index contributed by atoms with van der Waals surface area (Å²) in [6, 6.07) is 8.46.